The van der Waals surface area contributed by atoms with E-state index >= 15 is 0 Å². The van der Waals surface area contributed by atoms with E-state index in [1.165, 1.54) is 11.1 Å². The van der Waals surface area contributed by atoms with Gasteiger partial charge in [-0.2, -0.15) is 0 Å². The van der Waals surface area contributed by atoms with Crippen molar-refractivity contribution in [1.29, 1.82) is 0 Å². The molecule has 0 aliphatic carbocycles. The largest absolute Gasteiger partial charge is 0.309 e. The van der Waals surface area contributed by atoms with Gasteiger partial charge in [0.2, 0.25) is 0 Å². The van der Waals surface area contributed by atoms with Gasteiger partial charge in [0.15, 0.2) is 0 Å². The van der Waals surface area contributed by atoms with Crippen LogP contribution in [0.2, 0.25) is 5.02 Å². The molecule has 0 radical (unpaired) electrons. The van der Waals surface area contributed by atoms with E-state index in [-0.39, 0.29) is 6.04 Å². The zero-order valence-corrected chi connectivity index (χ0v) is 13.9. The third-order valence-corrected chi connectivity index (χ3v) is 5.09. The normalized spacial score (nSPS) is 13.9. The van der Waals surface area contributed by atoms with Gasteiger partial charge in [-0.1, -0.05) is 42.8 Å². The monoisotopic (exact) mass is 321 g/mol. The lowest BCUT2D eigenvalue weighted by Crippen LogP contribution is -2.26. The van der Waals surface area contributed by atoms with Crippen LogP contribution >= 0.6 is 11.6 Å². The summed E-state index contributed by atoms with van der Waals surface area (Å²) in [6.07, 6.45) is 0. The predicted octanol–water partition coefficient (Wildman–Crippen LogP) is 4.11. The first-order chi connectivity index (χ1) is 10.1. The predicted molar refractivity (Wildman–Crippen MR) is 90.3 cm³/mol. The molecule has 0 aliphatic heterocycles. The Kier molecular flexibility index (Phi) is 5.97. The Morgan fingerprint density at radius 2 is 1.81 bits per heavy atom. The SMILES string of the molecule is CCNC(CS(=O)c1ccc(Cl)cc1)c1ccccc1C. The molecule has 2 unspecified atom stereocenters. The van der Waals surface area contributed by atoms with Gasteiger partial charge >= 0.3 is 0 Å². The Labute approximate surface area is 134 Å². The molecular formula is C17H20ClNOS. The topological polar surface area (TPSA) is 29.1 Å². The Bertz CT molecular complexity index is 612. The first kappa shape index (κ1) is 16.2. The van der Waals surface area contributed by atoms with Gasteiger partial charge in [-0.05, 0) is 48.9 Å². The molecule has 0 heterocycles. The lowest BCUT2D eigenvalue weighted by molar-refractivity contribution is 0.592. The van der Waals surface area contributed by atoms with Crippen LogP contribution in [0.25, 0.3) is 0 Å². The molecule has 1 N–H and O–H groups in total. The van der Waals surface area contributed by atoms with E-state index in [1.807, 2.05) is 24.3 Å². The van der Waals surface area contributed by atoms with E-state index in [0.29, 0.717) is 10.8 Å². The van der Waals surface area contributed by atoms with Gasteiger partial charge in [-0.15, -0.1) is 0 Å². The Balaban J connectivity index is 2.18. The van der Waals surface area contributed by atoms with Crippen LogP contribution < -0.4 is 5.32 Å². The smallest absolute Gasteiger partial charge is 0.0548 e. The van der Waals surface area contributed by atoms with Crippen molar-refractivity contribution in [2.24, 2.45) is 0 Å². The molecule has 0 spiro atoms. The Morgan fingerprint density at radius 3 is 2.43 bits per heavy atom. The molecule has 0 bridgehead atoms. The summed E-state index contributed by atoms with van der Waals surface area (Å²) in [4.78, 5) is 0.816. The second kappa shape index (κ2) is 7.74. The quantitative estimate of drug-likeness (QED) is 0.867. The molecule has 4 heteroatoms. The van der Waals surface area contributed by atoms with Gasteiger partial charge in [-0.3, -0.25) is 4.21 Å². The fourth-order valence-electron chi connectivity index (χ4n) is 2.32. The number of hydrogen-bond donors (Lipinski definition) is 1. The van der Waals surface area contributed by atoms with Crippen molar-refractivity contribution in [2.45, 2.75) is 24.8 Å². The van der Waals surface area contributed by atoms with E-state index in [9.17, 15) is 4.21 Å². The molecule has 2 atom stereocenters. The van der Waals surface area contributed by atoms with Crippen molar-refractivity contribution >= 4 is 22.4 Å². The Morgan fingerprint density at radius 1 is 1.14 bits per heavy atom. The number of rotatable bonds is 6. The van der Waals surface area contributed by atoms with Crippen LogP contribution in [0.4, 0.5) is 0 Å². The standard InChI is InChI=1S/C17H20ClNOS/c1-3-19-17(16-7-5-4-6-13(16)2)12-21(20)15-10-8-14(18)9-11-15/h4-11,17,19H,3,12H2,1-2H3. The molecule has 0 saturated carbocycles. The van der Waals surface area contributed by atoms with Crippen LogP contribution in [0.5, 0.6) is 0 Å². The van der Waals surface area contributed by atoms with Crippen LogP contribution in [-0.4, -0.2) is 16.5 Å². The van der Waals surface area contributed by atoms with E-state index in [0.717, 1.165) is 11.4 Å². The highest BCUT2D eigenvalue weighted by Crippen LogP contribution is 2.21. The minimum absolute atomic E-state index is 0.0905. The fourth-order valence-corrected chi connectivity index (χ4v) is 3.68. The average Bonchev–Trinajstić information content (AvgIpc) is 2.48. The van der Waals surface area contributed by atoms with Crippen molar-refractivity contribution in [1.82, 2.24) is 5.32 Å². The molecule has 0 saturated heterocycles. The Hall–Kier alpha value is -1.16. The van der Waals surface area contributed by atoms with Crippen molar-refractivity contribution in [2.75, 3.05) is 12.3 Å². The molecule has 2 nitrogen and oxygen atoms in total. The minimum atomic E-state index is -1.05. The van der Waals surface area contributed by atoms with Crippen molar-refractivity contribution < 1.29 is 4.21 Å². The molecular weight excluding hydrogens is 302 g/mol. The lowest BCUT2D eigenvalue weighted by Gasteiger charge is -2.20. The third kappa shape index (κ3) is 4.40. The maximum absolute atomic E-state index is 12.6. The zero-order chi connectivity index (χ0) is 15.2. The maximum atomic E-state index is 12.6. The summed E-state index contributed by atoms with van der Waals surface area (Å²) in [7, 11) is -1.05. The number of benzene rings is 2. The van der Waals surface area contributed by atoms with Gasteiger partial charge in [0, 0.05) is 21.7 Å². The van der Waals surface area contributed by atoms with Crippen LogP contribution in [-0.2, 0) is 10.8 Å². The number of nitrogens with one attached hydrogen (secondary N) is 1. The molecule has 21 heavy (non-hydrogen) atoms. The molecule has 0 aliphatic rings. The second-order valence-electron chi connectivity index (χ2n) is 4.93. The maximum Gasteiger partial charge on any atom is 0.0548 e. The van der Waals surface area contributed by atoms with Crippen LogP contribution in [0.15, 0.2) is 53.4 Å². The summed E-state index contributed by atoms with van der Waals surface area (Å²) in [5.74, 6) is 0.556. The van der Waals surface area contributed by atoms with Crippen LogP contribution in [0.1, 0.15) is 24.1 Å². The fraction of sp³-hybridized carbons (Fsp3) is 0.294. The summed E-state index contributed by atoms with van der Waals surface area (Å²) in [5.41, 5.74) is 2.43. The van der Waals surface area contributed by atoms with Crippen LogP contribution in [0.3, 0.4) is 0 Å². The molecule has 0 fully saturated rings. The first-order valence-corrected chi connectivity index (χ1v) is 8.74. The summed E-state index contributed by atoms with van der Waals surface area (Å²) < 4.78 is 12.6. The molecule has 0 amide bonds. The van der Waals surface area contributed by atoms with E-state index in [1.54, 1.807) is 12.1 Å². The summed E-state index contributed by atoms with van der Waals surface area (Å²) in [6, 6.07) is 15.6. The highest BCUT2D eigenvalue weighted by molar-refractivity contribution is 7.85. The van der Waals surface area contributed by atoms with E-state index in [4.69, 9.17) is 11.6 Å². The second-order valence-corrected chi connectivity index (χ2v) is 6.87. The summed E-state index contributed by atoms with van der Waals surface area (Å²) in [5, 5.41) is 4.10. The molecule has 0 aromatic heterocycles. The molecule has 2 aromatic carbocycles. The number of halogens is 1. The average molecular weight is 322 g/mol. The zero-order valence-electron chi connectivity index (χ0n) is 12.3. The van der Waals surface area contributed by atoms with Gasteiger partial charge < -0.3 is 5.32 Å². The summed E-state index contributed by atoms with van der Waals surface area (Å²) in [6.45, 7) is 5.00. The molecule has 112 valence electrons. The van der Waals surface area contributed by atoms with Gasteiger partial charge in [0.1, 0.15) is 0 Å². The van der Waals surface area contributed by atoms with Crippen molar-refractivity contribution in [3.63, 3.8) is 0 Å². The molecule has 2 aromatic rings. The number of aryl methyl sites for hydroxylation is 1. The minimum Gasteiger partial charge on any atom is -0.309 e. The van der Waals surface area contributed by atoms with Crippen LogP contribution in [0, 0.1) is 6.92 Å². The first-order valence-electron chi connectivity index (χ1n) is 7.04. The lowest BCUT2D eigenvalue weighted by atomic mass is 10.0. The van der Waals surface area contributed by atoms with Crippen molar-refractivity contribution in [3.8, 4) is 0 Å². The summed E-state index contributed by atoms with van der Waals surface area (Å²) >= 11 is 5.88. The highest BCUT2D eigenvalue weighted by atomic mass is 35.5. The number of hydrogen-bond acceptors (Lipinski definition) is 2. The highest BCUT2D eigenvalue weighted by Gasteiger charge is 2.16. The van der Waals surface area contributed by atoms with Crippen molar-refractivity contribution in [3.05, 3.63) is 64.7 Å². The molecule has 2 rings (SSSR count). The van der Waals surface area contributed by atoms with Gasteiger partial charge in [0.05, 0.1) is 10.8 Å². The third-order valence-electron chi connectivity index (χ3n) is 3.41. The van der Waals surface area contributed by atoms with Gasteiger partial charge in [0.25, 0.3) is 0 Å². The van der Waals surface area contributed by atoms with E-state index in [2.05, 4.69) is 31.3 Å². The van der Waals surface area contributed by atoms with E-state index < -0.39 is 10.8 Å². The van der Waals surface area contributed by atoms with Gasteiger partial charge in [-0.25, -0.2) is 0 Å².